The van der Waals surface area contributed by atoms with Crippen molar-refractivity contribution in [2.75, 3.05) is 32.6 Å². The van der Waals surface area contributed by atoms with Crippen LogP contribution < -0.4 is 5.32 Å². The fraction of sp³-hybridized carbons (Fsp3) is 1.00. The van der Waals surface area contributed by atoms with Gasteiger partial charge in [-0.25, -0.2) is 0 Å². The smallest absolute Gasteiger partial charge is 0.0387 e. The number of likely N-dealkylation sites (tertiary alicyclic amines) is 1. The third kappa shape index (κ3) is 3.78. The molecule has 0 aromatic rings. The summed E-state index contributed by atoms with van der Waals surface area (Å²) in [4.78, 5) is 2.44. The summed E-state index contributed by atoms with van der Waals surface area (Å²) >= 11 is 4.11. The molecule has 12 heavy (non-hydrogen) atoms. The maximum Gasteiger partial charge on any atom is 0.0387 e. The molecule has 1 atom stereocenters. The lowest BCUT2D eigenvalue weighted by atomic mass is 9.95. The van der Waals surface area contributed by atoms with Gasteiger partial charge < -0.3 is 10.2 Å². The summed E-state index contributed by atoms with van der Waals surface area (Å²) in [5, 5.41) is 3.26. The molecule has 1 rings (SSSR count). The second kappa shape index (κ2) is 5.84. The molecule has 72 valence electrons. The Kier molecular flexibility index (Phi) is 5.04. The molecule has 2 nitrogen and oxygen atoms in total. The minimum Gasteiger partial charge on any atom is -0.308 e. The Morgan fingerprint density at radius 1 is 1.58 bits per heavy atom. The van der Waals surface area contributed by atoms with Crippen LogP contribution in [0.15, 0.2) is 0 Å². The average molecular weight is 188 g/mol. The number of nitrogens with one attached hydrogen (secondary N) is 1. The molecule has 0 aromatic carbocycles. The van der Waals surface area contributed by atoms with E-state index in [1.807, 2.05) is 0 Å². The van der Waals surface area contributed by atoms with Crippen LogP contribution in [0, 0.1) is 5.92 Å². The average Bonchev–Trinajstić information content (AvgIpc) is 2.05. The first kappa shape index (κ1) is 10.4. The second-order valence-electron chi connectivity index (χ2n) is 3.72. The van der Waals surface area contributed by atoms with Crippen LogP contribution in [-0.2, 0) is 0 Å². The normalized spacial score (nSPS) is 26.0. The SMILES string of the molecule is CN1CCCC(CCNCS)C1. The number of hydrogen-bond donors (Lipinski definition) is 2. The number of hydrogen-bond acceptors (Lipinski definition) is 3. The molecule has 1 aliphatic rings. The van der Waals surface area contributed by atoms with E-state index in [1.165, 1.54) is 32.4 Å². The van der Waals surface area contributed by atoms with Crippen molar-refractivity contribution in [1.29, 1.82) is 0 Å². The molecule has 1 unspecified atom stereocenters. The van der Waals surface area contributed by atoms with E-state index in [1.54, 1.807) is 0 Å². The third-order valence-corrected chi connectivity index (χ3v) is 2.79. The fourth-order valence-corrected chi connectivity index (χ4v) is 2.05. The molecule has 1 N–H and O–H groups in total. The molecule has 1 heterocycles. The van der Waals surface area contributed by atoms with Crippen LogP contribution in [0.1, 0.15) is 19.3 Å². The van der Waals surface area contributed by atoms with Gasteiger partial charge in [-0.15, -0.1) is 0 Å². The Morgan fingerprint density at radius 3 is 3.08 bits per heavy atom. The predicted molar refractivity (Wildman–Crippen MR) is 56.7 cm³/mol. The van der Waals surface area contributed by atoms with Gasteiger partial charge in [-0.3, -0.25) is 0 Å². The minimum atomic E-state index is 0.808. The van der Waals surface area contributed by atoms with Crippen molar-refractivity contribution in [3.63, 3.8) is 0 Å². The highest BCUT2D eigenvalue weighted by atomic mass is 32.1. The molecule has 0 amide bonds. The van der Waals surface area contributed by atoms with E-state index < -0.39 is 0 Å². The van der Waals surface area contributed by atoms with Crippen molar-refractivity contribution >= 4 is 12.6 Å². The first-order chi connectivity index (χ1) is 5.83. The Labute approximate surface area is 81.1 Å². The summed E-state index contributed by atoms with van der Waals surface area (Å²) < 4.78 is 0. The van der Waals surface area contributed by atoms with Crippen LogP contribution in [0.3, 0.4) is 0 Å². The molecule has 3 heteroatoms. The monoisotopic (exact) mass is 188 g/mol. The molecule has 1 fully saturated rings. The van der Waals surface area contributed by atoms with Gasteiger partial charge in [-0.05, 0) is 45.3 Å². The molecule has 0 aliphatic carbocycles. The van der Waals surface area contributed by atoms with Crippen molar-refractivity contribution in [2.24, 2.45) is 5.92 Å². The van der Waals surface area contributed by atoms with Crippen LogP contribution in [0.25, 0.3) is 0 Å². The van der Waals surface area contributed by atoms with E-state index in [4.69, 9.17) is 0 Å². The number of piperidine rings is 1. The molecular weight excluding hydrogens is 168 g/mol. The summed E-state index contributed by atoms with van der Waals surface area (Å²) in [7, 11) is 2.22. The fourth-order valence-electron chi connectivity index (χ4n) is 1.89. The van der Waals surface area contributed by atoms with Crippen molar-refractivity contribution in [3.8, 4) is 0 Å². The first-order valence-electron chi connectivity index (χ1n) is 4.83. The summed E-state index contributed by atoms with van der Waals surface area (Å²) in [6.07, 6.45) is 4.10. The van der Waals surface area contributed by atoms with Crippen molar-refractivity contribution < 1.29 is 0 Å². The van der Waals surface area contributed by atoms with Gasteiger partial charge in [0.25, 0.3) is 0 Å². The minimum absolute atomic E-state index is 0.808. The van der Waals surface area contributed by atoms with E-state index in [-0.39, 0.29) is 0 Å². The summed E-state index contributed by atoms with van der Waals surface area (Å²) in [5.41, 5.74) is 0. The van der Waals surface area contributed by atoms with Gasteiger partial charge in [-0.2, -0.15) is 12.6 Å². The molecule has 0 bridgehead atoms. The van der Waals surface area contributed by atoms with E-state index in [9.17, 15) is 0 Å². The summed E-state index contributed by atoms with van der Waals surface area (Å²) in [6, 6.07) is 0. The number of thiol groups is 1. The van der Waals surface area contributed by atoms with Crippen LogP contribution in [0.5, 0.6) is 0 Å². The van der Waals surface area contributed by atoms with Gasteiger partial charge >= 0.3 is 0 Å². The predicted octanol–water partition coefficient (Wildman–Crippen LogP) is 1.20. The lowest BCUT2D eigenvalue weighted by molar-refractivity contribution is 0.202. The summed E-state index contributed by atoms with van der Waals surface area (Å²) in [6.45, 7) is 3.70. The van der Waals surface area contributed by atoms with Crippen LogP contribution in [0.2, 0.25) is 0 Å². The second-order valence-corrected chi connectivity index (χ2v) is 4.03. The Bertz CT molecular complexity index is 119. The Hall–Kier alpha value is 0.270. The molecule has 0 spiro atoms. The zero-order valence-corrected chi connectivity index (χ0v) is 8.82. The van der Waals surface area contributed by atoms with E-state index in [0.29, 0.717) is 0 Å². The molecule has 0 aromatic heterocycles. The van der Waals surface area contributed by atoms with Crippen LogP contribution in [-0.4, -0.2) is 37.5 Å². The molecule has 0 radical (unpaired) electrons. The van der Waals surface area contributed by atoms with Gasteiger partial charge in [-0.1, -0.05) is 0 Å². The highest BCUT2D eigenvalue weighted by Crippen LogP contribution is 2.17. The van der Waals surface area contributed by atoms with Gasteiger partial charge in [0.05, 0.1) is 0 Å². The lowest BCUT2D eigenvalue weighted by Gasteiger charge is -2.29. The highest BCUT2D eigenvalue weighted by Gasteiger charge is 2.15. The standard InChI is InChI=1S/C9H20N2S/c1-11-6-2-3-9(7-11)4-5-10-8-12/h9-10,12H,2-8H2,1H3. The van der Waals surface area contributed by atoms with Gasteiger partial charge in [0, 0.05) is 12.4 Å². The summed E-state index contributed by atoms with van der Waals surface area (Å²) in [5.74, 6) is 1.72. The van der Waals surface area contributed by atoms with Gasteiger partial charge in [0.1, 0.15) is 0 Å². The van der Waals surface area contributed by atoms with Crippen molar-refractivity contribution in [3.05, 3.63) is 0 Å². The lowest BCUT2D eigenvalue weighted by Crippen LogP contribution is -2.33. The van der Waals surface area contributed by atoms with Crippen molar-refractivity contribution in [2.45, 2.75) is 19.3 Å². The van der Waals surface area contributed by atoms with Crippen molar-refractivity contribution in [1.82, 2.24) is 10.2 Å². The third-order valence-electron chi connectivity index (χ3n) is 2.56. The van der Waals surface area contributed by atoms with Crippen LogP contribution >= 0.6 is 12.6 Å². The molecule has 0 saturated carbocycles. The van der Waals surface area contributed by atoms with E-state index in [2.05, 4.69) is 29.9 Å². The maximum atomic E-state index is 4.11. The maximum absolute atomic E-state index is 4.11. The van der Waals surface area contributed by atoms with E-state index >= 15 is 0 Å². The number of rotatable bonds is 4. The Morgan fingerprint density at radius 2 is 2.42 bits per heavy atom. The molecule has 1 saturated heterocycles. The zero-order valence-electron chi connectivity index (χ0n) is 7.92. The number of nitrogens with zero attached hydrogens (tertiary/aromatic N) is 1. The quantitative estimate of drug-likeness (QED) is 0.391. The topological polar surface area (TPSA) is 15.3 Å². The van der Waals surface area contributed by atoms with Gasteiger partial charge in [0.15, 0.2) is 0 Å². The van der Waals surface area contributed by atoms with Gasteiger partial charge in [0.2, 0.25) is 0 Å². The Balaban J connectivity index is 2.06. The zero-order chi connectivity index (χ0) is 8.81. The molecule has 1 aliphatic heterocycles. The highest BCUT2D eigenvalue weighted by molar-refractivity contribution is 7.80. The largest absolute Gasteiger partial charge is 0.308 e. The van der Waals surface area contributed by atoms with Crippen LogP contribution in [0.4, 0.5) is 0 Å². The van der Waals surface area contributed by atoms with E-state index in [0.717, 1.165) is 18.3 Å². The molecular formula is C9H20N2S. The first-order valence-corrected chi connectivity index (χ1v) is 5.46.